The van der Waals surface area contributed by atoms with Crippen molar-refractivity contribution in [1.82, 2.24) is 5.32 Å². The highest BCUT2D eigenvalue weighted by Crippen LogP contribution is 2.19. The Morgan fingerprint density at radius 1 is 1.19 bits per heavy atom. The van der Waals surface area contributed by atoms with E-state index in [1.165, 1.54) is 5.56 Å². The minimum atomic E-state index is -0.316. The van der Waals surface area contributed by atoms with Crippen LogP contribution in [0.1, 0.15) is 34.8 Å². The summed E-state index contributed by atoms with van der Waals surface area (Å²) in [5.41, 5.74) is 3.52. The summed E-state index contributed by atoms with van der Waals surface area (Å²) in [6.07, 6.45) is 1.84. The molecule has 0 bridgehead atoms. The number of benzene rings is 2. The lowest BCUT2D eigenvalue weighted by atomic mass is 10.1. The first-order chi connectivity index (χ1) is 13.0. The molecule has 0 spiro atoms. The molecular formula is C21H26N2O3S. The molecule has 2 N–H and O–H groups in total. The molecule has 0 saturated carbocycles. The average Bonchev–Trinajstić information content (AvgIpc) is 2.67. The van der Waals surface area contributed by atoms with Crippen molar-refractivity contribution >= 4 is 29.0 Å². The number of esters is 1. The van der Waals surface area contributed by atoms with E-state index < -0.39 is 0 Å². The number of para-hydroxylation sites is 1. The maximum atomic E-state index is 11.8. The van der Waals surface area contributed by atoms with Crippen molar-refractivity contribution in [2.45, 2.75) is 26.7 Å². The van der Waals surface area contributed by atoms with Crippen LogP contribution in [0.3, 0.4) is 0 Å². The normalized spacial score (nSPS) is 10.2. The summed E-state index contributed by atoms with van der Waals surface area (Å²) >= 11 is 5.36. The predicted octanol–water partition coefficient (Wildman–Crippen LogP) is 4.10. The molecule has 5 nitrogen and oxygen atoms in total. The molecule has 0 amide bonds. The van der Waals surface area contributed by atoms with Crippen LogP contribution in [0, 0.1) is 6.92 Å². The third kappa shape index (κ3) is 6.25. The van der Waals surface area contributed by atoms with E-state index in [0.717, 1.165) is 36.4 Å². The monoisotopic (exact) mass is 386 g/mol. The number of anilines is 1. The van der Waals surface area contributed by atoms with Gasteiger partial charge in [-0.25, -0.2) is 4.79 Å². The number of hydrogen-bond donors (Lipinski definition) is 2. The van der Waals surface area contributed by atoms with E-state index in [1.807, 2.05) is 31.2 Å². The van der Waals surface area contributed by atoms with Gasteiger partial charge >= 0.3 is 5.97 Å². The van der Waals surface area contributed by atoms with Gasteiger partial charge in [0.15, 0.2) is 5.11 Å². The number of hydrogen-bond acceptors (Lipinski definition) is 4. The molecule has 0 fully saturated rings. The van der Waals surface area contributed by atoms with Crippen LogP contribution in [0.2, 0.25) is 0 Å². The standard InChI is InChI=1S/C21H26N2O3S/c1-4-26-20(24)17-11-12-18(15(2)14-17)23-21(27)22-13-7-9-16-8-5-6-10-19(16)25-3/h5-6,8,10-12,14H,4,7,9,13H2,1-3H3,(H2,22,23,27). The van der Waals surface area contributed by atoms with Crippen molar-refractivity contribution in [3.63, 3.8) is 0 Å². The smallest absolute Gasteiger partial charge is 0.338 e. The highest BCUT2D eigenvalue weighted by molar-refractivity contribution is 7.80. The summed E-state index contributed by atoms with van der Waals surface area (Å²) in [6.45, 7) is 4.83. The van der Waals surface area contributed by atoms with Crippen molar-refractivity contribution in [2.24, 2.45) is 0 Å². The molecule has 2 rings (SSSR count). The van der Waals surface area contributed by atoms with E-state index in [9.17, 15) is 4.79 Å². The summed E-state index contributed by atoms with van der Waals surface area (Å²) in [6, 6.07) is 13.4. The number of rotatable bonds is 8. The number of aryl methyl sites for hydroxylation is 2. The topological polar surface area (TPSA) is 59.6 Å². The third-order valence-electron chi connectivity index (χ3n) is 4.09. The molecular weight excluding hydrogens is 360 g/mol. The van der Waals surface area contributed by atoms with E-state index in [-0.39, 0.29) is 5.97 Å². The van der Waals surface area contributed by atoms with Crippen LogP contribution in [-0.4, -0.2) is 31.3 Å². The fourth-order valence-corrected chi connectivity index (χ4v) is 2.91. The van der Waals surface area contributed by atoms with Crippen LogP contribution in [0.15, 0.2) is 42.5 Å². The number of carbonyl (C=O) groups excluding carboxylic acids is 1. The largest absolute Gasteiger partial charge is 0.496 e. The van der Waals surface area contributed by atoms with E-state index in [1.54, 1.807) is 26.2 Å². The Morgan fingerprint density at radius 3 is 2.67 bits per heavy atom. The molecule has 0 aromatic heterocycles. The quantitative estimate of drug-likeness (QED) is 0.405. The lowest BCUT2D eigenvalue weighted by Gasteiger charge is -2.14. The number of ether oxygens (including phenoxy) is 2. The van der Waals surface area contributed by atoms with Crippen LogP contribution in [-0.2, 0) is 11.2 Å². The maximum absolute atomic E-state index is 11.8. The van der Waals surface area contributed by atoms with Crippen LogP contribution >= 0.6 is 12.2 Å². The van der Waals surface area contributed by atoms with Gasteiger partial charge in [0.05, 0.1) is 19.3 Å². The predicted molar refractivity (Wildman–Crippen MR) is 113 cm³/mol. The number of nitrogens with one attached hydrogen (secondary N) is 2. The van der Waals surface area contributed by atoms with Gasteiger partial charge in [0.1, 0.15) is 5.75 Å². The zero-order valence-corrected chi connectivity index (χ0v) is 16.8. The molecule has 2 aromatic rings. The zero-order chi connectivity index (χ0) is 19.6. The van der Waals surface area contributed by atoms with Crippen LogP contribution in [0.4, 0.5) is 5.69 Å². The van der Waals surface area contributed by atoms with Gasteiger partial charge in [-0.3, -0.25) is 0 Å². The van der Waals surface area contributed by atoms with Gasteiger partial charge in [-0.1, -0.05) is 18.2 Å². The first-order valence-corrected chi connectivity index (χ1v) is 9.40. The summed E-state index contributed by atoms with van der Waals surface area (Å²) in [4.78, 5) is 11.8. The molecule has 0 atom stereocenters. The number of carbonyl (C=O) groups is 1. The summed E-state index contributed by atoms with van der Waals surface area (Å²) in [5, 5.41) is 6.94. The summed E-state index contributed by atoms with van der Waals surface area (Å²) in [5.74, 6) is 0.597. The molecule has 0 aliphatic carbocycles. The summed E-state index contributed by atoms with van der Waals surface area (Å²) < 4.78 is 10.4. The second-order valence-corrected chi connectivity index (χ2v) is 6.45. The van der Waals surface area contributed by atoms with Crippen LogP contribution in [0.5, 0.6) is 5.75 Å². The van der Waals surface area contributed by atoms with Crippen LogP contribution in [0.25, 0.3) is 0 Å². The minimum absolute atomic E-state index is 0.316. The SMILES string of the molecule is CCOC(=O)c1ccc(NC(=S)NCCCc2ccccc2OC)c(C)c1. The molecule has 0 heterocycles. The van der Waals surface area contributed by atoms with Gasteiger partial charge in [-0.05, 0) is 74.3 Å². The second-order valence-electron chi connectivity index (χ2n) is 6.05. The molecule has 0 saturated heterocycles. The number of thiocarbonyl (C=S) groups is 1. The van der Waals surface area contributed by atoms with Gasteiger partial charge in [-0.15, -0.1) is 0 Å². The van der Waals surface area contributed by atoms with E-state index in [4.69, 9.17) is 21.7 Å². The van der Waals surface area contributed by atoms with Crippen LogP contribution < -0.4 is 15.4 Å². The van der Waals surface area contributed by atoms with E-state index in [0.29, 0.717) is 17.3 Å². The van der Waals surface area contributed by atoms with Crippen molar-refractivity contribution < 1.29 is 14.3 Å². The van der Waals surface area contributed by atoms with Gasteiger partial charge in [0.25, 0.3) is 0 Å². The average molecular weight is 387 g/mol. The Kier molecular flexibility index (Phi) is 8.07. The minimum Gasteiger partial charge on any atom is -0.496 e. The van der Waals surface area contributed by atoms with E-state index >= 15 is 0 Å². The number of methoxy groups -OCH3 is 1. The highest BCUT2D eigenvalue weighted by atomic mass is 32.1. The molecule has 0 unspecified atom stereocenters. The lowest BCUT2D eigenvalue weighted by molar-refractivity contribution is 0.0526. The van der Waals surface area contributed by atoms with Crippen molar-refractivity contribution in [3.8, 4) is 5.75 Å². The molecule has 27 heavy (non-hydrogen) atoms. The Hall–Kier alpha value is -2.60. The Labute approximate surface area is 166 Å². The Bertz CT molecular complexity index is 793. The Balaban J connectivity index is 1.81. The van der Waals surface area contributed by atoms with Gasteiger partial charge in [0.2, 0.25) is 0 Å². The third-order valence-corrected chi connectivity index (χ3v) is 4.33. The van der Waals surface area contributed by atoms with Gasteiger partial charge in [-0.2, -0.15) is 0 Å². The molecule has 6 heteroatoms. The Morgan fingerprint density at radius 2 is 1.96 bits per heavy atom. The van der Waals surface area contributed by atoms with Crippen molar-refractivity contribution in [3.05, 3.63) is 59.2 Å². The highest BCUT2D eigenvalue weighted by Gasteiger charge is 2.09. The van der Waals surface area contributed by atoms with Gasteiger partial charge in [0, 0.05) is 12.2 Å². The van der Waals surface area contributed by atoms with Crippen molar-refractivity contribution in [1.29, 1.82) is 0 Å². The second kappa shape index (κ2) is 10.5. The van der Waals surface area contributed by atoms with Gasteiger partial charge < -0.3 is 20.1 Å². The van der Waals surface area contributed by atoms with E-state index in [2.05, 4.69) is 16.7 Å². The first kappa shape index (κ1) is 20.7. The maximum Gasteiger partial charge on any atom is 0.338 e. The lowest BCUT2D eigenvalue weighted by Crippen LogP contribution is -2.29. The molecule has 0 aliphatic rings. The molecule has 0 aliphatic heterocycles. The molecule has 2 aromatic carbocycles. The van der Waals surface area contributed by atoms with Crippen molar-refractivity contribution in [2.75, 3.05) is 25.6 Å². The molecule has 144 valence electrons. The molecule has 0 radical (unpaired) electrons. The first-order valence-electron chi connectivity index (χ1n) is 8.99. The summed E-state index contributed by atoms with van der Waals surface area (Å²) in [7, 11) is 1.69. The fraction of sp³-hybridized carbons (Fsp3) is 0.333. The fourth-order valence-electron chi connectivity index (χ4n) is 2.70. The zero-order valence-electron chi connectivity index (χ0n) is 16.0.